The first-order chi connectivity index (χ1) is 15.3. The number of amides is 1. The second kappa shape index (κ2) is 9.02. The summed E-state index contributed by atoms with van der Waals surface area (Å²) in [5, 5.41) is 12.8. The molecular formula is C24H20Cl2N4O2. The van der Waals surface area contributed by atoms with Gasteiger partial charge in [-0.05, 0) is 61.9 Å². The summed E-state index contributed by atoms with van der Waals surface area (Å²) < 4.78 is 5.30. The van der Waals surface area contributed by atoms with Gasteiger partial charge in [0.1, 0.15) is 16.8 Å². The number of aryl methyl sites for hydroxylation is 2. The Morgan fingerprint density at radius 1 is 1.03 bits per heavy atom. The standard InChI is InChI=1S/C24H20Cl2N4O2/c1-14-4-7-18(8-5-14)30-28-21-10-15(2)20(13-22(21)29-30)27-23(31)9-6-16-11-17(25)12-19(26)24(16)32-3/h4-13H,1-3H3,(H,27,31)/b9-6+. The number of nitrogens with one attached hydrogen (secondary N) is 1. The lowest BCUT2D eigenvalue weighted by Crippen LogP contribution is -2.09. The Labute approximate surface area is 195 Å². The first kappa shape index (κ1) is 21.9. The summed E-state index contributed by atoms with van der Waals surface area (Å²) >= 11 is 12.2. The normalized spacial score (nSPS) is 11.3. The Bertz CT molecular complexity index is 1340. The Hall–Kier alpha value is -3.35. The SMILES string of the molecule is COc1c(Cl)cc(Cl)cc1/C=C/C(=O)Nc1cc2nn(-c3ccc(C)cc3)nc2cc1C. The van der Waals surface area contributed by atoms with Crippen LogP contribution in [0.25, 0.3) is 22.8 Å². The average molecular weight is 467 g/mol. The number of carbonyl (C=O) groups excluding carboxylic acids is 1. The molecule has 0 spiro atoms. The van der Waals surface area contributed by atoms with E-state index < -0.39 is 0 Å². The van der Waals surface area contributed by atoms with Gasteiger partial charge in [-0.25, -0.2) is 0 Å². The molecule has 4 rings (SSSR count). The van der Waals surface area contributed by atoms with Crippen molar-refractivity contribution < 1.29 is 9.53 Å². The van der Waals surface area contributed by atoms with Crippen LogP contribution >= 0.6 is 23.2 Å². The van der Waals surface area contributed by atoms with Crippen molar-refractivity contribution in [1.82, 2.24) is 15.0 Å². The van der Waals surface area contributed by atoms with Crippen molar-refractivity contribution >= 4 is 51.9 Å². The number of hydrogen-bond acceptors (Lipinski definition) is 4. The van der Waals surface area contributed by atoms with Crippen molar-refractivity contribution in [2.45, 2.75) is 13.8 Å². The zero-order valence-corrected chi connectivity index (χ0v) is 19.2. The van der Waals surface area contributed by atoms with Gasteiger partial charge in [0, 0.05) is 22.3 Å². The van der Waals surface area contributed by atoms with E-state index in [1.165, 1.54) is 13.2 Å². The molecule has 1 heterocycles. The fourth-order valence-electron chi connectivity index (χ4n) is 3.26. The van der Waals surface area contributed by atoms with Gasteiger partial charge in [-0.3, -0.25) is 4.79 Å². The third-order valence-electron chi connectivity index (χ3n) is 4.90. The van der Waals surface area contributed by atoms with Gasteiger partial charge in [-0.2, -0.15) is 4.80 Å². The van der Waals surface area contributed by atoms with Gasteiger partial charge in [-0.15, -0.1) is 10.2 Å². The van der Waals surface area contributed by atoms with Gasteiger partial charge in [0.2, 0.25) is 5.91 Å². The minimum atomic E-state index is -0.309. The molecule has 0 aliphatic heterocycles. The molecule has 0 saturated carbocycles. The molecule has 0 aliphatic rings. The van der Waals surface area contributed by atoms with Crippen LogP contribution in [0.4, 0.5) is 5.69 Å². The topological polar surface area (TPSA) is 69.0 Å². The second-order valence-corrected chi connectivity index (χ2v) is 8.16. The number of rotatable bonds is 5. The van der Waals surface area contributed by atoms with Crippen molar-refractivity contribution in [3.63, 3.8) is 0 Å². The van der Waals surface area contributed by atoms with E-state index in [4.69, 9.17) is 27.9 Å². The van der Waals surface area contributed by atoms with E-state index in [0.717, 1.165) is 22.3 Å². The highest BCUT2D eigenvalue weighted by Gasteiger charge is 2.11. The maximum Gasteiger partial charge on any atom is 0.248 e. The predicted octanol–water partition coefficient (Wildman–Crippen LogP) is 6.00. The van der Waals surface area contributed by atoms with Crippen LogP contribution in [0, 0.1) is 13.8 Å². The van der Waals surface area contributed by atoms with Crippen molar-refractivity contribution in [2.24, 2.45) is 0 Å². The van der Waals surface area contributed by atoms with Crippen molar-refractivity contribution in [3.05, 3.63) is 81.3 Å². The molecule has 0 saturated heterocycles. The van der Waals surface area contributed by atoms with Gasteiger partial charge in [0.05, 0.1) is 17.8 Å². The van der Waals surface area contributed by atoms with Crippen LogP contribution in [-0.4, -0.2) is 28.0 Å². The molecule has 1 amide bonds. The van der Waals surface area contributed by atoms with Gasteiger partial charge in [0.25, 0.3) is 0 Å². The summed E-state index contributed by atoms with van der Waals surface area (Å²) in [6.07, 6.45) is 3.00. The zero-order valence-electron chi connectivity index (χ0n) is 17.7. The fraction of sp³-hybridized carbons (Fsp3) is 0.125. The number of methoxy groups -OCH3 is 1. The molecule has 0 aliphatic carbocycles. The smallest absolute Gasteiger partial charge is 0.248 e. The molecule has 32 heavy (non-hydrogen) atoms. The summed E-state index contributed by atoms with van der Waals surface area (Å²) in [6, 6.07) is 14.9. The fourth-order valence-corrected chi connectivity index (χ4v) is 3.84. The minimum absolute atomic E-state index is 0.309. The number of nitrogens with zero attached hydrogens (tertiary/aromatic N) is 3. The van der Waals surface area contributed by atoms with Gasteiger partial charge >= 0.3 is 0 Å². The Morgan fingerprint density at radius 3 is 2.41 bits per heavy atom. The molecule has 6 nitrogen and oxygen atoms in total. The first-order valence-corrected chi connectivity index (χ1v) is 10.6. The van der Waals surface area contributed by atoms with Crippen LogP contribution in [0.1, 0.15) is 16.7 Å². The number of carbonyl (C=O) groups is 1. The van der Waals surface area contributed by atoms with Crippen molar-refractivity contribution in [2.75, 3.05) is 12.4 Å². The van der Waals surface area contributed by atoms with Crippen LogP contribution in [-0.2, 0) is 4.79 Å². The zero-order chi connectivity index (χ0) is 22.8. The molecule has 3 aromatic carbocycles. The van der Waals surface area contributed by atoms with E-state index in [1.54, 1.807) is 23.0 Å². The van der Waals surface area contributed by atoms with E-state index in [9.17, 15) is 4.79 Å². The van der Waals surface area contributed by atoms with Crippen LogP contribution in [0.3, 0.4) is 0 Å². The quantitative estimate of drug-likeness (QED) is 0.366. The number of halogens is 2. The summed E-state index contributed by atoms with van der Waals surface area (Å²) in [5.41, 5.74) is 5.59. The first-order valence-electron chi connectivity index (χ1n) is 9.81. The summed E-state index contributed by atoms with van der Waals surface area (Å²) in [4.78, 5) is 14.1. The molecule has 0 atom stereocenters. The predicted molar refractivity (Wildman–Crippen MR) is 129 cm³/mol. The van der Waals surface area contributed by atoms with Crippen LogP contribution < -0.4 is 10.1 Å². The van der Waals surface area contributed by atoms with E-state index >= 15 is 0 Å². The van der Waals surface area contributed by atoms with E-state index in [1.807, 2.05) is 50.2 Å². The van der Waals surface area contributed by atoms with Crippen LogP contribution in [0.2, 0.25) is 10.0 Å². The molecule has 162 valence electrons. The second-order valence-electron chi connectivity index (χ2n) is 7.31. The Kier molecular flexibility index (Phi) is 6.17. The molecule has 1 N–H and O–H groups in total. The molecule has 0 bridgehead atoms. The highest BCUT2D eigenvalue weighted by atomic mass is 35.5. The molecule has 4 aromatic rings. The largest absolute Gasteiger partial charge is 0.495 e. The van der Waals surface area contributed by atoms with Crippen molar-refractivity contribution in [3.8, 4) is 11.4 Å². The lowest BCUT2D eigenvalue weighted by Gasteiger charge is -2.08. The number of benzene rings is 3. The average Bonchev–Trinajstić information content (AvgIpc) is 3.15. The number of fused-ring (bicyclic) bond motifs is 1. The Balaban J connectivity index is 1.57. The van der Waals surface area contributed by atoms with Crippen LogP contribution in [0.15, 0.2) is 54.6 Å². The lowest BCUT2D eigenvalue weighted by atomic mass is 10.1. The monoisotopic (exact) mass is 466 g/mol. The number of anilines is 1. The maximum atomic E-state index is 12.6. The number of ether oxygens (including phenoxy) is 1. The van der Waals surface area contributed by atoms with Gasteiger partial charge < -0.3 is 10.1 Å². The molecule has 8 heteroatoms. The highest BCUT2D eigenvalue weighted by Crippen LogP contribution is 2.33. The third kappa shape index (κ3) is 4.61. The molecule has 0 radical (unpaired) electrons. The van der Waals surface area contributed by atoms with E-state index in [-0.39, 0.29) is 5.91 Å². The third-order valence-corrected chi connectivity index (χ3v) is 5.40. The summed E-state index contributed by atoms with van der Waals surface area (Å²) in [5.74, 6) is 0.141. The molecule has 1 aromatic heterocycles. The molecule has 0 fully saturated rings. The maximum absolute atomic E-state index is 12.6. The van der Waals surface area contributed by atoms with Gasteiger partial charge in [0.15, 0.2) is 0 Å². The minimum Gasteiger partial charge on any atom is -0.495 e. The number of aromatic nitrogens is 3. The Morgan fingerprint density at radius 2 is 1.72 bits per heavy atom. The van der Waals surface area contributed by atoms with E-state index in [0.29, 0.717) is 32.6 Å². The van der Waals surface area contributed by atoms with Crippen molar-refractivity contribution in [1.29, 1.82) is 0 Å². The van der Waals surface area contributed by atoms with E-state index in [2.05, 4.69) is 15.5 Å². The van der Waals surface area contributed by atoms with Crippen LogP contribution in [0.5, 0.6) is 5.75 Å². The molecule has 0 unspecified atom stereocenters. The van der Waals surface area contributed by atoms with Gasteiger partial charge in [-0.1, -0.05) is 40.9 Å². The highest BCUT2D eigenvalue weighted by molar-refractivity contribution is 6.36. The summed E-state index contributed by atoms with van der Waals surface area (Å²) in [7, 11) is 1.51. The number of hydrogen-bond donors (Lipinski definition) is 1. The lowest BCUT2D eigenvalue weighted by molar-refractivity contribution is -0.111. The summed E-state index contributed by atoms with van der Waals surface area (Å²) in [6.45, 7) is 3.93. The molecular weight excluding hydrogens is 447 g/mol.